The van der Waals surface area contributed by atoms with Crippen molar-refractivity contribution in [2.75, 3.05) is 5.32 Å². The third kappa shape index (κ3) is 2.39. The Kier molecular flexibility index (Phi) is 3.09. The molecule has 0 saturated heterocycles. The maximum atomic E-state index is 5.99. The SMILES string of the molecule is CC(Nc1ccnc2cc(Cl)ccc12)c1cn[nH]c1. The molecule has 3 rings (SSSR count). The summed E-state index contributed by atoms with van der Waals surface area (Å²) in [6.07, 6.45) is 5.49. The van der Waals surface area contributed by atoms with Crippen molar-refractivity contribution in [1.82, 2.24) is 15.2 Å². The molecule has 1 unspecified atom stereocenters. The van der Waals surface area contributed by atoms with Crippen LogP contribution in [0.4, 0.5) is 5.69 Å². The summed E-state index contributed by atoms with van der Waals surface area (Å²) in [6, 6.07) is 7.85. The van der Waals surface area contributed by atoms with Crippen molar-refractivity contribution in [2.45, 2.75) is 13.0 Å². The molecule has 1 aromatic carbocycles. The Hall–Kier alpha value is -2.07. The van der Waals surface area contributed by atoms with Gasteiger partial charge in [0.2, 0.25) is 0 Å². The Morgan fingerprint density at radius 1 is 1.32 bits per heavy atom. The van der Waals surface area contributed by atoms with Crippen LogP contribution in [-0.2, 0) is 0 Å². The maximum absolute atomic E-state index is 5.99. The van der Waals surface area contributed by atoms with Gasteiger partial charge in [-0.25, -0.2) is 0 Å². The molecule has 0 spiro atoms. The lowest BCUT2D eigenvalue weighted by atomic mass is 10.1. The summed E-state index contributed by atoms with van der Waals surface area (Å²) in [4.78, 5) is 4.33. The molecular weight excluding hydrogens is 260 g/mol. The van der Waals surface area contributed by atoms with Crippen molar-refractivity contribution in [3.8, 4) is 0 Å². The first kappa shape index (κ1) is 12.0. The summed E-state index contributed by atoms with van der Waals surface area (Å²) in [5.41, 5.74) is 3.03. The third-order valence-corrected chi connectivity index (χ3v) is 3.33. The second-order valence-electron chi connectivity index (χ2n) is 4.42. The second kappa shape index (κ2) is 4.90. The number of aromatic nitrogens is 3. The highest BCUT2D eigenvalue weighted by molar-refractivity contribution is 6.31. The van der Waals surface area contributed by atoms with E-state index in [9.17, 15) is 0 Å². The number of H-pyrrole nitrogens is 1. The number of benzene rings is 1. The maximum Gasteiger partial charge on any atom is 0.0737 e. The first-order valence-corrected chi connectivity index (χ1v) is 6.41. The minimum absolute atomic E-state index is 0.167. The molecule has 1 atom stereocenters. The van der Waals surface area contributed by atoms with Crippen LogP contribution in [0.2, 0.25) is 5.02 Å². The van der Waals surface area contributed by atoms with E-state index in [2.05, 4.69) is 27.4 Å². The topological polar surface area (TPSA) is 53.6 Å². The van der Waals surface area contributed by atoms with Crippen molar-refractivity contribution in [1.29, 1.82) is 0 Å². The molecule has 0 aliphatic carbocycles. The molecule has 0 amide bonds. The van der Waals surface area contributed by atoms with Gasteiger partial charge in [-0.3, -0.25) is 10.1 Å². The normalized spacial score (nSPS) is 12.5. The van der Waals surface area contributed by atoms with Gasteiger partial charge in [-0.05, 0) is 31.2 Å². The lowest BCUT2D eigenvalue weighted by Gasteiger charge is -2.15. The summed E-state index contributed by atoms with van der Waals surface area (Å²) in [5, 5.41) is 12.0. The van der Waals surface area contributed by atoms with E-state index in [1.165, 1.54) is 0 Å². The average molecular weight is 273 g/mol. The molecule has 96 valence electrons. The first-order valence-electron chi connectivity index (χ1n) is 6.03. The minimum atomic E-state index is 0.167. The van der Waals surface area contributed by atoms with Crippen LogP contribution in [0.15, 0.2) is 42.9 Å². The zero-order valence-corrected chi connectivity index (χ0v) is 11.1. The van der Waals surface area contributed by atoms with Crippen molar-refractivity contribution in [2.24, 2.45) is 0 Å². The van der Waals surface area contributed by atoms with E-state index in [1.807, 2.05) is 36.7 Å². The highest BCUT2D eigenvalue weighted by Crippen LogP contribution is 2.27. The van der Waals surface area contributed by atoms with Gasteiger partial charge in [0, 0.05) is 34.1 Å². The number of hydrogen-bond acceptors (Lipinski definition) is 3. The van der Waals surface area contributed by atoms with Crippen LogP contribution in [0.1, 0.15) is 18.5 Å². The number of aromatic amines is 1. The fourth-order valence-corrected chi connectivity index (χ4v) is 2.23. The summed E-state index contributed by atoms with van der Waals surface area (Å²) >= 11 is 5.99. The standard InChI is InChI=1S/C14H13ClN4/c1-9(10-7-17-18-8-10)19-13-4-5-16-14-6-11(15)2-3-12(13)14/h2-9H,1H3,(H,16,19)(H,17,18). The molecule has 0 fully saturated rings. The number of fused-ring (bicyclic) bond motifs is 1. The molecule has 0 bridgehead atoms. The van der Waals surface area contributed by atoms with Gasteiger partial charge in [-0.2, -0.15) is 5.10 Å². The van der Waals surface area contributed by atoms with Crippen molar-refractivity contribution < 1.29 is 0 Å². The monoisotopic (exact) mass is 272 g/mol. The largest absolute Gasteiger partial charge is 0.378 e. The fourth-order valence-electron chi connectivity index (χ4n) is 2.06. The Labute approximate surface area is 115 Å². The van der Waals surface area contributed by atoms with Gasteiger partial charge in [0.1, 0.15) is 0 Å². The van der Waals surface area contributed by atoms with Crippen molar-refractivity contribution >= 4 is 28.2 Å². The number of anilines is 1. The predicted molar refractivity (Wildman–Crippen MR) is 77.4 cm³/mol. The molecule has 2 N–H and O–H groups in total. The summed E-state index contributed by atoms with van der Waals surface area (Å²) < 4.78 is 0. The quantitative estimate of drug-likeness (QED) is 0.763. The highest BCUT2D eigenvalue weighted by atomic mass is 35.5. The molecular formula is C14H13ClN4. The Bertz CT molecular complexity index is 694. The van der Waals surface area contributed by atoms with Crippen LogP contribution in [0.25, 0.3) is 10.9 Å². The van der Waals surface area contributed by atoms with Gasteiger partial charge >= 0.3 is 0 Å². The van der Waals surface area contributed by atoms with E-state index >= 15 is 0 Å². The number of nitrogens with one attached hydrogen (secondary N) is 2. The highest BCUT2D eigenvalue weighted by Gasteiger charge is 2.09. The number of rotatable bonds is 3. The molecule has 4 nitrogen and oxygen atoms in total. The van der Waals surface area contributed by atoms with Gasteiger partial charge in [-0.1, -0.05) is 11.6 Å². The summed E-state index contributed by atoms with van der Waals surface area (Å²) in [6.45, 7) is 2.09. The molecule has 2 heterocycles. The van der Waals surface area contributed by atoms with Crippen molar-refractivity contribution in [3.63, 3.8) is 0 Å². The predicted octanol–water partition coefficient (Wildman–Crippen LogP) is 3.78. The van der Waals surface area contributed by atoms with Crippen LogP contribution >= 0.6 is 11.6 Å². The van der Waals surface area contributed by atoms with E-state index in [0.29, 0.717) is 5.02 Å². The lowest BCUT2D eigenvalue weighted by Crippen LogP contribution is -2.06. The van der Waals surface area contributed by atoms with Crippen LogP contribution in [0.5, 0.6) is 0 Å². The van der Waals surface area contributed by atoms with Crippen molar-refractivity contribution in [3.05, 3.63) is 53.4 Å². The molecule has 5 heteroatoms. The smallest absolute Gasteiger partial charge is 0.0737 e. The molecule has 2 aromatic heterocycles. The molecule has 3 aromatic rings. The zero-order valence-electron chi connectivity index (χ0n) is 10.4. The van der Waals surface area contributed by atoms with E-state index in [0.717, 1.165) is 22.2 Å². The van der Waals surface area contributed by atoms with Gasteiger partial charge in [0.15, 0.2) is 0 Å². The molecule has 0 saturated carbocycles. The third-order valence-electron chi connectivity index (χ3n) is 3.10. The van der Waals surface area contributed by atoms with Gasteiger partial charge in [0.25, 0.3) is 0 Å². The fraction of sp³-hybridized carbons (Fsp3) is 0.143. The van der Waals surface area contributed by atoms with Gasteiger partial charge in [-0.15, -0.1) is 0 Å². The van der Waals surface area contributed by atoms with Crippen LogP contribution in [-0.4, -0.2) is 15.2 Å². The van der Waals surface area contributed by atoms with E-state index in [1.54, 1.807) is 6.20 Å². The van der Waals surface area contributed by atoms with E-state index in [4.69, 9.17) is 11.6 Å². The van der Waals surface area contributed by atoms with E-state index in [-0.39, 0.29) is 6.04 Å². The average Bonchev–Trinajstić information content (AvgIpc) is 2.92. The van der Waals surface area contributed by atoms with Gasteiger partial charge < -0.3 is 5.32 Å². The molecule has 0 aliphatic rings. The van der Waals surface area contributed by atoms with Crippen LogP contribution in [0, 0.1) is 0 Å². The summed E-state index contributed by atoms with van der Waals surface area (Å²) in [5.74, 6) is 0. The lowest BCUT2D eigenvalue weighted by molar-refractivity contribution is 0.887. The van der Waals surface area contributed by atoms with Crippen LogP contribution < -0.4 is 5.32 Å². The van der Waals surface area contributed by atoms with Gasteiger partial charge in [0.05, 0.1) is 17.8 Å². The number of hydrogen-bond donors (Lipinski definition) is 2. The first-order chi connectivity index (χ1) is 9.24. The minimum Gasteiger partial charge on any atom is -0.378 e. The number of halogens is 1. The number of pyridine rings is 1. The van der Waals surface area contributed by atoms with E-state index < -0.39 is 0 Å². The number of nitrogens with zero attached hydrogens (tertiary/aromatic N) is 2. The van der Waals surface area contributed by atoms with Crippen LogP contribution in [0.3, 0.4) is 0 Å². The second-order valence-corrected chi connectivity index (χ2v) is 4.85. The Balaban J connectivity index is 1.97. The molecule has 0 radical (unpaired) electrons. The Morgan fingerprint density at radius 3 is 3.00 bits per heavy atom. The zero-order chi connectivity index (χ0) is 13.2. The Morgan fingerprint density at radius 2 is 2.21 bits per heavy atom. The summed E-state index contributed by atoms with van der Waals surface area (Å²) in [7, 11) is 0. The molecule has 0 aliphatic heterocycles. The molecule has 19 heavy (non-hydrogen) atoms.